The average Bonchev–Trinajstić information content (AvgIpc) is 3.15. The Labute approximate surface area is 177 Å². The molecule has 1 unspecified atom stereocenters. The molecule has 10 heteroatoms. The number of aromatic nitrogens is 1. The quantitative estimate of drug-likeness (QED) is 0.764. The summed E-state index contributed by atoms with van der Waals surface area (Å²) in [4.78, 5) is 43.0. The summed E-state index contributed by atoms with van der Waals surface area (Å²) in [6.07, 6.45) is 2.77. The van der Waals surface area contributed by atoms with Gasteiger partial charge in [-0.1, -0.05) is 0 Å². The number of amides is 3. The Morgan fingerprint density at radius 1 is 1.40 bits per heavy atom. The van der Waals surface area contributed by atoms with E-state index in [0.29, 0.717) is 41.6 Å². The minimum atomic E-state index is -0.717. The van der Waals surface area contributed by atoms with Gasteiger partial charge in [0.05, 0.1) is 25.8 Å². The van der Waals surface area contributed by atoms with Gasteiger partial charge >= 0.3 is 0 Å². The van der Waals surface area contributed by atoms with Crippen molar-refractivity contribution in [1.82, 2.24) is 15.2 Å². The van der Waals surface area contributed by atoms with Crippen molar-refractivity contribution in [3.63, 3.8) is 0 Å². The number of fused-ring (bicyclic) bond motifs is 1. The van der Waals surface area contributed by atoms with Crippen LogP contribution in [-0.4, -0.2) is 60.0 Å². The van der Waals surface area contributed by atoms with Crippen molar-refractivity contribution in [3.05, 3.63) is 35.3 Å². The third-order valence-corrected chi connectivity index (χ3v) is 6.02. The van der Waals surface area contributed by atoms with E-state index < -0.39 is 5.60 Å². The molecule has 3 heterocycles. The van der Waals surface area contributed by atoms with Crippen LogP contribution in [0.3, 0.4) is 0 Å². The highest BCUT2D eigenvalue weighted by atomic mass is 32.1. The summed E-state index contributed by atoms with van der Waals surface area (Å²) in [5.41, 5.74) is -0.312. The number of nitrogens with zero attached hydrogens (tertiary/aromatic N) is 2. The van der Waals surface area contributed by atoms with Crippen LogP contribution in [0.5, 0.6) is 11.5 Å². The summed E-state index contributed by atoms with van der Waals surface area (Å²) in [6.45, 7) is 0.593. The maximum atomic E-state index is 12.6. The van der Waals surface area contributed by atoms with Crippen molar-refractivity contribution in [1.29, 1.82) is 0 Å². The lowest BCUT2D eigenvalue weighted by Crippen LogP contribution is -2.46. The van der Waals surface area contributed by atoms with Crippen molar-refractivity contribution in [2.24, 2.45) is 0 Å². The topological polar surface area (TPSA) is 110 Å². The zero-order chi connectivity index (χ0) is 21.1. The molecule has 158 valence electrons. The van der Waals surface area contributed by atoms with E-state index in [1.807, 2.05) is 0 Å². The number of likely N-dealkylation sites (tertiary alicyclic amines) is 1. The second-order valence-corrected chi connectivity index (χ2v) is 8.18. The second-order valence-electron chi connectivity index (χ2n) is 7.28. The molecule has 1 atom stereocenters. The number of benzene rings is 1. The molecule has 3 amide bonds. The predicted octanol–water partition coefficient (Wildman–Crippen LogP) is 1.66. The molecule has 1 fully saturated rings. The van der Waals surface area contributed by atoms with Gasteiger partial charge in [-0.3, -0.25) is 14.4 Å². The fourth-order valence-corrected chi connectivity index (χ4v) is 4.20. The number of hydrogen-bond donors (Lipinski definition) is 2. The lowest BCUT2D eigenvalue weighted by atomic mass is 9.94. The highest BCUT2D eigenvalue weighted by Crippen LogP contribution is 2.34. The Hall–Kier alpha value is -3.14. The Morgan fingerprint density at radius 3 is 3.03 bits per heavy atom. The SMILES string of the molecule is COc1ccc2c(c1)C(=O)NCC1(CCC(=O)N(CC(=O)Nc3nccs3)CC1)O2. The van der Waals surface area contributed by atoms with Crippen LogP contribution in [0.4, 0.5) is 5.13 Å². The summed E-state index contributed by atoms with van der Waals surface area (Å²) in [7, 11) is 1.54. The predicted molar refractivity (Wildman–Crippen MR) is 110 cm³/mol. The van der Waals surface area contributed by atoms with E-state index >= 15 is 0 Å². The van der Waals surface area contributed by atoms with Crippen LogP contribution in [0, 0.1) is 0 Å². The number of hydrogen-bond acceptors (Lipinski definition) is 7. The Morgan fingerprint density at radius 2 is 2.27 bits per heavy atom. The standard InChI is InChI=1S/C20H22N4O5S/c1-28-13-2-3-15-14(10-13)18(27)22-12-20(29-15)5-4-17(26)24(8-6-20)11-16(25)23-19-21-7-9-30-19/h2-3,7,9-10H,4-6,8,11-12H2,1H3,(H,22,27)(H,21,23,25). The summed E-state index contributed by atoms with van der Waals surface area (Å²) < 4.78 is 11.5. The van der Waals surface area contributed by atoms with E-state index in [4.69, 9.17) is 9.47 Å². The number of ether oxygens (including phenoxy) is 2. The number of carbonyl (C=O) groups excluding carboxylic acids is 3. The minimum Gasteiger partial charge on any atom is -0.497 e. The number of carbonyl (C=O) groups is 3. The normalized spacial score (nSPS) is 21.2. The lowest BCUT2D eigenvalue weighted by Gasteiger charge is -2.32. The smallest absolute Gasteiger partial charge is 0.255 e. The molecule has 9 nitrogen and oxygen atoms in total. The van der Waals surface area contributed by atoms with Crippen LogP contribution in [0.1, 0.15) is 29.6 Å². The van der Waals surface area contributed by atoms with Crippen molar-refractivity contribution >= 4 is 34.2 Å². The van der Waals surface area contributed by atoms with Crippen LogP contribution in [-0.2, 0) is 9.59 Å². The number of methoxy groups -OCH3 is 1. The monoisotopic (exact) mass is 430 g/mol. The first kappa shape index (κ1) is 20.1. The fraction of sp³-hybridized carbons (Fsp3) is 0.400. The maximum absolute atomic E-state index is 12.6. The number of nitrogens with one attached hydrogen (secondary N) is 2. The van der Waals surface area contributed by atoms with Crippen LogP contribution in [0.15, 0.2) is 29.8 Å². The van der Waals surface area contributed by atoms with Crippen LogP contribution < -0.4 is 20.1 Å². The van der Waals surface area contributed by atoms with Gasteiger partial charge in [0.15, 0.2) is 5.13 Å². The van der Waals surface area contributed by atoms with E-state index in [2.05, 4.69) is 15.6 Å². The lowest BCUT2D eigenvalue weighted by molar-refractivity contribution is -0.134. The van der Waals surface area contributed by atoms with E-state index in [1.165, 1.54) is 23.3 Å². The minimum absolute atomic E-state index is 0.0470. The molecule has 30 heavy (non-hydrogen) atoms. The number of anilines is 1. The number of rotatable bonds is 4. The van der Waals surface area contributed by atoms with Crippen molar-refractivity contribution in [2.45, 2.75) is 24.9 Å². The van der Waals surface area contributed by atoms with Gasteiger partial charge in [0, 0.05) is 31.0 Å². The highest BCUT2D eigenvalue weighted by molar-refractivity contribution is 7.13. The van der Waals surface area contributed by atoms with Gasteiger partial charge in [0.25, 0.3) is 5.91 Å². The first-order valence-electron chi connectivity index (χ1n) is 9.60. The molecular formula is C20H22N4O5S. The zero-order valence-corrected chi connectivity index (χ0v) is 17.3. The Kier molecular flexibility index (Phi) is 5.58. The van der Waals surface area contributed by atoms with Gasteiger partial charge < -0.3 is 25.0 Å². The van der Waals surface area contributed by atoms with Crippen LogP contribution in [0.2, 0.25) is 0 Å². The molecule has 2 N–H and O–H groups in total. The molecule has 1 aromatic heterocycles. The average molecular weight is 430 g/mol. The highest BCUT2D eigenvalue weighted by Gasteiger charge is 2.40. The third kappa shape index (κ3) is 4.23. The van der Waals surface area contributed by atoms with E-state index in [0.717, 1.165) is 0 Å². The molecule has 1 saturated heterocycles. The maximum Gasteiger partial charge on any atom is 0.255 e. The molecule has 0 aliphatic carbocycles. The molecule has 0 radical (unpaired) electrons. The van der Waals surface area contributed by atoms with Crippen LogP contribution >= 0.6 is 11.3 Å². The van der Waals surface area contributed by atoms with Crippen molar-refractivity contribution in [3.8, 4) is 11.5 Å². The first-order chi connectivity index (χ1) is 14.5. The summed E-state index contributed by atoms with van der Waals surface area (Å²) >= 11 is 1.32. The summed E-state index contributed by atoms with van der Waals surface area (Å²) in [6, 6.07) is 5.09. The van der Waals surface area contributed by atoms with Crippen LogP contribution in [0.25, 0.3) is 0 Å². The van der Waals surface area contributed by atoms with E-state index in [9.17, 15) is 14.4 Å². The van der Waals surface area contributed by atoms with Gasteiger partial charge in [-0.25, -0.2) is 4.98 Å². The molecular weight excluding hydrogens is 408 g/mol. The Bertz CT molecular complexity index is 964. The zero-order valence-electron chi connectivity index (χ0n) is 16.5. The van der Waals surface area contributed by atoms with E-state index in [1.54, 1.807) is 29.8 Å². The van der Waals surface area contributed by atoms with Gasteiger partial charge in [-0.15, -0.1) is 11.3 Å². The van der Waals surface area contributed by atoms with Gasteiger partial charge in [0.1, 0.15) is 17.1 Å². The molecule has 1 spiro atoms. The molecule has 0 bridgehead atoms. The van der Waals surface area contributed by atoms with Gasteiger partial charge in [-0.2, -0.15) is 0 Å². The molecule has 1 aromatic carbocycles. The number of thiazole rings is 1. The Balaban J connectivity index is 1.47. The van der Waals surface area contributed by atoms with Gasteiger partial charge in [0.2, 0.25) is 11.8 Å². The largest absolute Gasteiger partial charge is 0.497 e. The first-order valence-corrected chi connectivity index (χ1v) is 10.5. The van der Waals surface area contributed by atoms with E-state index in [-0.39, 0.29) is 37.2 Å². The third-order valence-electron chi connectivity index (χ3n) is 5.33. The molecule has 2 aliphatic rings. The van der Waals surface area contributed by atoms with Gasteiger partial charge in [-0.05, 0) is 24.6 Å². The summed E-state index contributed by atoms with van der Waals surface area (Å²) in [5.74, 6) is 0.387. The molecule has 0 saturated carbocycles. The summed E-state index contributed by atoms with van der Waals surface area (Å²) in [5, 5.41) is 7.87. The second kappa shape index (κ2) is 8.31. The fourth-order valence-electron chi connectivity index (χ4n) is 3.65. The van der Waals surface area contributed by atoms with Crippen molar-refractivity contribution in [2.75, 3.05) is 32.1 Å². The molecule has 2 aromatic rings. The molecule has 2 aliphatic heterocycles. The van der Waals surface area contributed by atoms with Crippen molar-refractivity contribution < 1.29 is 23.9 Å². The molecule has 4 rings (SSSR count).